The first kappa shape index (κ1) is 21.8. The van der Waals surface area contributed by atoms with E-state index in [1.165, 1.54) is 6.08 Å². The maximum atomic E-state index is 12.6. The summed E-state index contributed by atoms with van der Waals surface area (Å²) in [7, 11) is 4.13. The summed E-state index contributed by atoms with van der Waals surface area (Å²) in [5.74, 6) is -0.386. The highest BCUT2D eigenvalue weighted by atomic mass is 79.9. The van der Waals surface area contributed by atoms with Gasteiger partial charge in [0.15, 0.2) is 5.78 Å². The summed E-state index contributed by atoms with van der Waals surface area (Å²) in [5, 5.41) is 0. The van der Waals surface area contributed by atoms with Crippen LogP contribution in [0, 0.1) is 0 Å². The molecule has 0 heterocycles. The Morgan fingerprint density at radius 3 is 2.35 bits per heavy atom. The molecule has 5 heteroatoms. The lowest BCUT2D eigenvalue weighted by Crippen LogP contribution is -3.00. The second-order valence-corrected chi connectivity index (χ2v) is 6.58. The number of quaternary nitrogens is 1. The second-order valence-electron chi connectivity index (χ2n) is 6.58. The molecule has 0 saturated heterocycles. The van der Waals surface area contributed by atoms with Gasteiger partial charge in [-0.2, -0.15) is 0 Å². The minimum Gasteiger partial charge on any atom is -1.00 e. The summed E-state index contributed by atoms with van der Waals surface area (Å²) in [4.78, 5) is 23.7. The molecule has 2 rings (SSSR count). The van der Waals surface area contributed by atoms with Crippen LogP contribution in [0.2, 0.25) is 0 Å². The summed E-state index contributed by atoms with van der Waals surface area (Å²) >= 11 is 0. The third-order valence-corrected chi connectivity index (χ3v) is 3.94. The van der Waals surface area contributed by atoms with Gasteiger partial charge < -0.3 is 26.2 Å². The number of rotatable bonds is 8. The van der Waals surface area contributed by atoms with Crippen molar-refractivity contribution in [3.05, 3.63) is 83.9 Å². The van der Waals surface area contributed by atoms with Gasteiger partial charge in [-0.3, -0.25) is 4.79 Å². The SMILES string of the molecule is C=CC(=O)OCC[N+](C)(C)Cc1cccc(C(=O)c2ccccc2)c1.[Br-]. The second kappa shape index (κ2) is 10.0. The highest BCUT2D eigenvalue weighted by molar-refractivity contribution is 6.09. The lowest BCUT2D eigenvalue weighted by Gasteiger charge is -2.29. The fourth-order valence-electron chi connectivity index (χ4n) is 2.59. The predicted molar refractivity (Wildman–Crippen MR) is 98.2 cm³/mol. The van der Waals surface area contributed by atoms with E-state index in [4.69, 9.17) is 4.74 Å². The van der Waals surface area contributed by atoms with Crippen LogP contribution in [0.15, 0.2) is 67.3 Å². The third kappa shape index (κ3) is 6.58. The number of likely N-dealkylation sites (N-methyl/N-ethyl adjacent to an activating group) is 1. The molecule has 0 saturated carbocycles. The van der Waals surface area contributed by atoms with Crippen LogP contribution in [0.4, 0.5) is 0 Å². The molecular formula is C21H24BrNO3. The van der Waals surface area contributed by atoms with Crippen LogP contribution in [-0.4, -0.2) is 43.5 Å². The number of ether oxygens (including phenoxy) is 1. The average molecular weight is 418 g/mol. The van der Waals surface area contributed by atoms with E-state index in [9.17, 15) is 9.59 Å². The highest BCUT2D eigenvalue weighted by Crippen LogP contribution is 2.15. The monoisotopic (exact) mass is 417 g/mol. The Bertz CT molecular complexity index is 757. The number of ketones is 1. The maximum absolute atomic E-state index is 12.6. The lowest BCUT2D eigenvalue weighted by atomic mass is 10.0. The quantitative estimate of drug-likeness (QED) is 0.267. The Balaban J connectivity index is 0.00000338. The fraction of sp³-hybridized carbons (Fsp3) is 0.238. The zero-order chi connectivity index (χ0) is 18.3. The predicted octanol–water partition coefficient (Wildman–Crippen LogP) is 0.227. The Morgan fingerprint density at radius 2 is 1.69 bits per heavy atom. The van der Waals surface area contributed by atoms with Gasteiger partial charge in [-0.15, -0.1) is 0 Å². The van der Waals surface area contributed by atoms with Crippen molar-refractivity contribution in [2.45, 2.75) is 6.54 Å². The number of carbonyl (C=O) groups excluding carboxylic acids is 2. The molecule has 0 spiro atoms. The van der Waals surface area contributed by atoms with Crippen LogP contribution in [0.5, 0.6) is 0 Å². The number of benzene rings is 2. The Hall–Kier alpha value is -2.24. The lowest BCUT2D eigenvalue weighted by molar-refractivity contribution is -0.903. The molecule has 0 aliphatic carbocycles. The Labute approximate surface area is 165 Å². The molecule has 26 heavy (non-hydrogen) atoms. The van der Waals surface area contributed by atoms with Crippen molar-refractivity contribution in [2.75, 3.05) is 27.2 Å². The Morgan fingerprint density at radius 1 is 1.04 bits per heavy atom. The summed E-state index contributed by atoms with van der Waals surface area (Å²) in [5.41, 5.74) is 2.44. The molecule has 0 radical (unpaired) electrons. The van der Waals surface area contributed by atoms with Crippen LogP contribution >= 0.6 is 0 Å². The van der Waals surface area contributed by atoms with E-state index in [1.54, 1.807) is 0 Å². The number of nitrogens with zero attached hydrogens (tertiary/aromatic N) is 1. The van der Waals surface area contributed by atoms with Crippen LogP contribution in [0.25, 0.3) is 0 Å². The number of esters is 1. The van der Waals surface area contributed by atoms with E-state index in [-0.39, 0.29) is 22.8 Å². The number of hydrogen-bond acceptors (Lipinski definition) is 3. The van der Waals surface area contributed by atoms with Gasteiger partial charge in [0.25, 0.3) is 0 Å². The standard InChI is InChI=1S/C21H24NO3.BrH/c1-4-20(23)25-14-13-22(2,3)16-17-9-8-12-19(15-17)21(24)18-10-6-5-7-11-18;/h4-12,15H,1,13-14,16H2,2-3H3;1H/q+1;/p-1. The molecule has 2 aromatic carbocycles. The van der Waals surface area contributed by atoms with E-state index in [0.717, 1.165) is 12.1 Å². The normalized spacial score (nSPS) is 10.5. The van der Waals surface area contributed by atoms with E-state index in [1.807, 2.05) is 54.6 Å². The van der Waals surface area contributed by atoms with Gasteiger partial charge in [-0.1, -0.05) is 55.1 Å². The minimum atomic E-state index is -0.407. The topological polar surface area (TPSA) is 43.4 Å². The largest absolute Gasteiger partial charge is 1.00 e. The molecule has 0 N–H and O–H groups in total. The smallest absolute Gasteiger partial charge is 0.330 e. The zero-order valence-corrected chi connectivity index (χ0v) is 16.7. The highest BCUT2D eigenvalue weighted by Gasteiger charge is 2.18. The van der Waals surface area contributed by atoms with E-state index >= 15 is 0 Å². The maximum Gasteiger partial charge on any atom is 0.330 e. The third-order valence-electron chi connectivity index (χ3n) is 3.94. The summed E-state index contributed by atoms with van der Waals surface area (Å²) in [6.07, 6.45) is 1.17. The first-order chi connectivity index (χ1) is 11.9. The van der Waals surface area contributed by atoms with Gasteiger partial charge in [0, 0.05) is 22.8 Å². The van der Waals surface area contributed by atoms with Crippen LogP contribution < -0.4 is 17.0 Å². The molecule has 0 aliphatic heterocycles. The molecule has 0 aliphatic rings. The summed E-state index contributed by atoms with van der Waals surface area (Å²) in [6.45, 7) is 5.13. The number of carbonyl (C=O) groups is 2. The fourth-order valence-corrected chi connectivity index (χ4v) is 2.59. The van der Waals surface area contributed by atoms with Crippen molar-refractivity contribution in [3.8, 4) is 0 Å². The van der Waals surface area contributed by atoms with Crippen molar-refractivity contribution in [2.24, 2.45) is 0 Å². The summed E-state index contributed by atoms with van der Waals surface area (Å²) in [6, 6.07) is 17.0. The molecule has 0 fully saturated rings. The van der Waals surface area contributed by atoms with Crippen molar-refractivity contribution in [1.82, 2.24) is 0 Å². The molecule has 0 amide bonds. The van der Waals surface area contributed by atoms with Crippen molar-refractivity contribution in [3.63, 3.8) is 0 Å². The van der Waals surface area contributed by atoms with Gasteiger partial charge in [0.2, 0.25) is 0 Å². The van der Waals surface area contributed by atoms with Crippen molar-refractivity contribution >= 4 is 11.8 Å². The summed E-state index contributed by atoms with van der Waals surface area (Å²) < 4.78 is 5.70. The first-order valence-electron chi connectivity index (χ1n) is 8.21. The molecule has 0 bridgehead atoms. The van der Waals surface area contributed by atoms with Crippen LogP contribution in [0.3, 0.4) is 0 Å². The molecular weight excluding hydrogens is 394 g/mol. The average Bonchev–Trinajstić information content (AvgIpc) is 2.61. The van der Waals surface area contributed by atoms with E-state index < -0.39 is 5.97 Å². The first-order valence-corrected chi connectivity index (χ1v) is 8.21. The minimum absolute atomic E-state index is 0. The van der Waals surface area contributed by atoms with Gasteiger partial charge in [0.1, 0.15) is 19.7 Å². The zero-order valence-electron chi connectivity index (χ0n) is 15.2. The molecule has 0 unspecified atom stereocenters. The number of halogens is 1. The molecule has 0 atom stereocenters. The van der Waals surface area contributed by atoms with E-state index in [0.29, 0.717) is 28.8 Å². The van der Waals surface area contributed by atoms with Crippen molar-refractivity contribution in [1.29, 1.82) is 0 Å². The van der Waals surface area contributed by atoms with Crippen molar-refractivity contribution < 1.29 is 35.8 Å². The molecule has 2 aromatic rings. The van der Waals surface area contributed by atoms with Crippen LogP contribution in [0.1, 0.15) is 21.5 Å². The molecule has 0 aromatic heterocycles. The van der Waals surface area contributed by atoms with Gasteiger partial charge in [-0.25, -0.2) is 4.79 Å². The van der Waals surface area contributed by atoms with Crippen LogP contribution in [-0.2, 0) is 16.1 Å². The van der Waals surface area contributed by atoms with Gasteiger partial charge in [0.05, 0.1) is 14.1 Å². The van der Waals surface area contributed by atoms with E-state index in [2.05, 4.69) is 20.7 Å². The number of hydrogen-bond donors (Lipinski definition) is 0. The molecule has 138 valence electrons. The Kier molecular flexibility index (Phi) is 8.42. The molecule has 4 nitrogen and oxygen atoms in total. The van der Waals surface area contributed by atoms with Gasteiger partial charge in [-0.05, 0) is 6.07 Å². The van der Waals surface area contributed by atoms with Gasteiger partial charge >= 0.3 is 5.97 Å².